The van der Waals surface area contributed by atoms with Gasteiger partial charge in [-0.15, -0.1) is 5.10 Å². The number of aromatic nitrogens is 5. The monoisotopic (exact) mass is 449 g/mol. The molecule has 10 heteroatoms. The summed E-state index contributed by atoms with van der Waals surface area (Å²) in [5.74, 6) is 1.12. The molecule has 0 unspecified atom stereocenters. The van der Waals surface area contributed by atoms with Gasteiger partial charge in [-0.05, 0) is 66.1 Å². The second-order valence-electron chi connectivity index (χ2n) is 8.22. The minimum atomic E-state index is -0.346. The average Bonchev–Trinajstić information content (AvgIpc) is 3.45. The average molecular weight is 450 g/mol. The molecular formula is C23H27N7O3. The first-order chi connectivity index (χ1) is 15.9. The molecule has 1 N–H and O–H groups in total. The molecule has 172 valence electrons. The lowest BCUT2D eigenvalue weighted by Gasteiger charge is -2.14. The van der Waals surface area contributed by atoms with E-state index in [1.165, 1.54) is 7.11 Å². The smallest absolute Gasteiger partial charge is 0.260 e. The quantitative estimate of drug-likeness (QED) is 0.589. The highest BCUT2D eigenvalue weighted by molar-refractivity contribution is 6.06. The summed E-state index contributed by atoms with van der Waals surface area (Å²) in [6.07, 6.45) is 1.32. The standard InChI is InChI=1S/C23H27N7O3/c1-5-7-21(31)29-12-15-10-17(19(33-4)11-16(15)13-29)23(32)25-20-9-6-8-18(24-20)22-26-27-28-30(22)14(2)3/h6,8-11,14H,5,7,12-13H2,1-4H3,(H,24,25,32). The van der Waals surface area contributed by atoms with Gasteiger partial charge in [0.05, 0.1) is 18.7 Å². The van der Waals surface area contributed by atoms with Crippen LogP contribution in [0.25, 0.3) is 11.5 Å². The zero-order chi connectivity index (χ0) is 23.5. The first-order valence-electron chi connectivity index (χ1n) is 11.0. The van der Waals surface area contributed by atoms with Crippen LogP contribution in [0.4, 0.5) is 5.82 Å². The van der Waals surface area contributed by atoms with E-state index in [-0.39, 0.29) is 17.9 Å². The van der Waals surface area contributed by atoms with Crippen molar-refractivity contribution in [2.75, 3.05) is 12.4 Å². The van der Waals surface area contributed by atoms with Crippen molar-refractivity contribution in [3.63, 3.8) is 0 Å². The Hall–Kier alpha value is -3.82. The summed E-state index contributed by atoms with van der Waals surface area (Å²) in [7, 11) is 1.53. The molecule has 0 spiro atoms. The van der Waals surface area contributed by atoms with Crippen molar-refractivity contribution in [2.24, 2.45) is 0 Å². The Balaban J connectivity index is 1.57. The molecule has 3 aromatic rings. The van der Waals surface area contributed by atoms with Crippen molar-refractivity contribution in [1.29, 1.82) is 0 Å². The van der Waals surface area contributed by atoms with E-state index in [9.17, 15) is 9.59 Å². The number of amides is 2. The minimum Gasteiger partial charge on any atom is -0.496 e. The summed E-state index contributed by atoms with van der Waals surface area (Å²) in [5, 5.41) is 14.6. The lowest BCUT2D eigenvalue weighted by Crippen LogP contribution is -2.24. The maximum Gasteiger partial charge on any atom is 0.260 e. The van der Waals surface area contributed by atoms with Crippen LogP contribution >= 0.6 is 0 Å². The van der Waals surface area contributed by atoms with Crippen molar-refractivity contribution in [3.8, 4) is 17.3 Å². The van der Waals surface area contributed by atoms with Crippen molar-refractivity contribution in [1.82, 2.24) is 30.1 Å². The van der Waals surface area contributed by atoms with Crippen molar-refractivity contribution >= 4 is 17.6 Å². The van der Waals surface area contributed by atoms with Crippen LogP contribution in [0.1, 0.15) is 61.1 Å². The number of carbonyl (C=O) groups excluding carboxylic acids is 2. The van der Waals surface area contributed by atoms with Crippen LogP contribution in [0.2, 0.25) is 0 Å². The number of methoxy groups -OCH3 is 1. The van der Waals surface area contributed by atoms with Gasteiger partial charge in [-0.1, -0.05) is 13.0 Å². The molecule has 1 aliphatic heterocycles. The zero-order valence-electron chi connectivity index (χ0n) is 19.2. The van der Waals surface area contributed by atoms with Gasteiger partial charge in [0.15, 0.2) is 0 Å². The molecule has 0 aliphatic carbocycles. The lowest BCUT2D eigenvalue weighted by atomic mass is 10.0. The molecule has 0 saturated heterocycles. The highest BCUT2D eigenvalue weighted by atomic mass is 16.5. The van der Waals surface area contributed by atoms with Gasteiger partial charge in [0.1, 0.15) is 17.3 Å². The fourth-order valence-corrected chi connectivity index (χ4v) is 3.85. The molecule has 2 aromatic heterocycles. The normalized spacial score (nSPS) is 12.7. The maximum atomic E-state index is 13.1. The Bertz CT molecular complexity index is 1190. The van der Waals surface area contributed by atoms with Crippen LogP contribution in [0.15, 0.2) is 30.3 Å². The van der Waals surface area contributed by atoms with Crippen LogP contribution in [0.3, 0.4) is 0 Å². The molecule has 4 rings (SSSR count). The molecule has 3 heterocycles. The number of anilines is 1. The number of rotatable bonds is 7. The highest BCUT2D eigenvalue weighted by Gasteiger charge is 2.26. The predicted molar refractivity (Wildman–Crippen MR) is 122 cm³/mol. The van der Waals surface area contributed by atoms with E-state index in [0.29, 0.717) is 48.2 Å². The molecule has 33 heavy (non-hydrogen) atoms. The van der Waals surface area contributed by atoms with E-state index in [1.54, 1.807) is 33.8 Å². The number of pyridine rings is 1. The van der Waals surface area contributed by atoms with Gasteiger partial charge in [0.2, 0.25) is 11.7 Å². The fraction of sp³-hybridized carbons (Fsp3) is 0.391. The van der Waals surface area contributed by atoms with Gasteiger partial charge in [-0.2, -0.15) is 0 Å². The molecule has 10 nitrogen and oxygen atoms in total. The van der Waals surface area contributed by atoms with Crippen LogP contribution < -0.4 is 10.1 Å². The van der Waals surface area contributed by atoms with Gasteiger partial charge in [0.25, 0.3) is 5.91 Å². The number of hydrogen-bond donors (Lipinski definition) is 1. The third kappa shape index (κ3) is 4.55. The summed E-state index contributed by atoms with van der Waals surface area (Å²) >= 11 is 0. The van der Waals surface area contributed by atoms with Crippen LogP contribution in [-0.2, 0) is 17.9 Å². The first kappa shape index (κ1) is 22.4. The SMILES string of the molecule is CCCC(=O)N1Cc2cc(OC)c(C(=O)Nc3cccc(-c4nnnn4C(C)C)n3)cc2C1. The number of ether oxygens (including phenoxy) is 1. The number of nitrogens with zero attached hydrogens (tertiary/aromatic N) is 6. The number of carbonyl (C=O) groups is 2. The topological polar surface area (TPSA) is 115 Å². The summed E-state index contributed by atoms with van der Waals surface area (Å²) in [5.41, 5.74) is 2.88. The molecule has 0 bridgehead atoms. The van der Waals surface area contributed by atoms with E-state index in [0.717, 1.165) is 17.5 Å². The molecular weight excluding hydrogens is 422 g/mol. The molecule has 0 fully saturated rings. The molecule has 0 saturated carbocycles. The van der Waals surface area contributed by atoms with Gasteiger partial charge < -0.3 is 15.0 Å². The van der Waals surface area contributed by atoms with Crippen LogP contribution in [0.5, 0.6) is 5.75 Å². The van der Waals surface area contributed by atoms with E-state index < -0.39 is 0 Å². The Morgan fingerprint density at radius 2 is 1.94 bits per heavy atom. The summed E-state index contributed by atoms with van der Waals surface area (Å²) in [6.45, 7) is 6.95. The van der Waals surface area contributed by atoms with E-state index in [2.05, 4.69) is 25.8 Å². The second-order valence-corrected chi connectivity index (χ2v) is 8.22. The van der Waals surface area contributed by atoms with Crippen LogP contribution in [-0.4, -0.2) is 49.0 Å². The minimum absolute atomic E-state index is 0.0643. The number of benzene rings is 1. The predicted octanol–water partition coefficient (Wildman–Crippen LogP) is 3.22. The molecule has 1 aromatic carbocycles. The van der Waals surface area contributed by atoms with Gasteiger partial charge in [-0.3, -0.25) is 9.59 Å². The molecule has 0 atom stereocenters. The second kappa shape index (κ2) is 9.35. The summed E-state index contributed by atoms with van der Waals surface area (Å²) in [4.78, 5) is 31.8. The number of fused-ring (bicyclic) bond motifs is 1. The van der Waals surface area contributed by atoms with E-state index in [4.69, 9.17) is 4.74 Å². The van der Waals surface area contributed by atoms with Crippen LogP contribution in [0, 0.1) is 0 Å². The molecule has 0 radical (unpaired) electrons. The third-order valence-electron chi connectivity index (χ3n) is 5.51. The molecule has 2 amide bonds. The Morgan fingerprint density at radius 3 is 2.64 bits per heavy atom. The van der Waals surface area contributed by atoms with Gasteiger partial charge >= 0.3 is 0 Å². The maximum absolute atomic E-state index is 13.1. The summed E-state index contributed by atoms with van der Waals surface area (Å²) in [6, 6.07) is 8.98. The van der Waals surface area contributed by atoms with E-state index in [1.807, 2.05) is 26.8 Å². The largest absolute Gasteiger partial charge is 0.496 e. The molecule has 1 aliphatic rings. The van der Waals surface area contributed by atoms with E-state index >= 15 is 0 Å². The Labute approximate surface area is 192 Å². The van der Waals surface area contributed by atoms with Gasteiger partial charge in [-0.25, -0.2) is 9.67 Å². The van der Waals surface area contributed by atoms with Crippen molar-refractivity contribution in [3.05, 3.63) is 47.0 Å². The van der Waals surface area contributed by atoms with Crippen molar-refractivity contribution < 1.29 is 14.3 Å². The highest BCUT2D eigenvalue weighted by Crippen LogP contribution is 2.31. The zero-order valence-corrected chi connectivity index (χ0v) is 19.2. The third-order valence-corrected chi connectivity index (χ3v) is 5.51. The number of nitrogens with one attached hydrogen (secondary N) is 1. The van der Waals surface area contributed by atoms with Crippen molar-refractivity contribution in [2.45, 2.75) is 52.7 Å². The summed E-state index contributed by atoms with van der Waals surface area (Å²) < 4.78 is 7.15. The number of tetrazole rings is 1. The Morgan fingerprint density at radius 1 is 1.18 bits per heavy atom. The fourth-order valence-electron chi connectivity index (χ4n) is 3.85. The Kier molecular flexibility index (Phi) is 6.34. The van der Waals surface area contributed by atoms with Gasteiger partial charge in [0, 0.05) is 19.5 Å². The first-order valence-corrected chi connectivity index (χ1v) is 11.0. The lowest BCUT2D eigenvalue weighted by molar-refractivity contribution is -0.131. The number of hydrogen-bond acceptors (Lipinski definition) is 7.